The van der Waals surface area contributed by atoms with E-state index in [4.69, 9.17) is 21.1 Å². The van der Waals surface area contributed by atoms with Gasteiger partial charge in [-0.3, -0.25) is 4.90 Å². The molecule has 2 saturated heterocycles. The summed E-state index contributed by atoms with van der Waals surface area (Å²) in [6.07, 6.45) is 3.95. The highest BCUT2D eigenvalue weighted by atomic mass is 35.5. The van der Waals surface area contributed by atoms with Gasteiger partial charge in [-0.05, 0) is 62.0 Å². The summed E-state index contributed by atoms with van der Waals surface area (Å²) in [4.78, 5) is 2.56. The van der Waals surface area contributed by atoms with Gasteiger partial charge in [0.1, 0.15) is 13.2 Å². The lowest BCUT2D eigenvalue weighted by Gasteiger charge is -2.34. The van der Waals surface area contributed by atoms with Gasteiger partial charge in [0.15, 0.2) is 11.5 Å². The predicted octanol–water partition coefficient (Wildman–Crippen LogP) is 3.11. The Morgan fingerprint density at radius 1 is 1.13 bits per heavy atom. The van der Waals surface area contributed by atoms with E-state index in [1.165, 1.54) is 51.0 Å². The molecule has 6 heteroatoms. The van der Waals surface area contributed by atoms with Crippen LogP contribution >= 0.6 is 24.0 Å². The van der Waals surface area contributed by atoms with Crippen LogP contribution in [0.15, 0.2) is 12.1 Å². The Morgan fingerprint density at radius 3 is 2.74 bits per heavy atom. The van der Waals surface area contributed by atoms with Crippen LogP contribution in [-0.4, -0.2) is 44.3 Å². The lowest BCUT2D eigenvalue weighted by Crippen LogP contribution is -2.38. The van der Waals surface area contributed by atoms with Crippen molar-refractivity contribution < 1.29 is 9.47 Å². The molecule has 4 rings (SSSR count). The van der Waals surface area contributed by atoms with Gasteiger partial charge in [0.05, 0.1) is 5.02 Å². The maximum Gasteiger partial charge on any atom is 0.179 e. The van der Waals surface area contributed by atoms with E-state index in [9.17, 15) is 0 Å². The summed E-state index contributed by atoms with van der Waals surface area (Å²) < 4.78 is 11.3. The van der Waals surface area contributed by atoms with Gasteiger partial charge in [0.25, 0.3) is 0 Å². The number of piperidine rings is 1. The molecule has 3 aliphatic heterocycles. The summed E-state index contributed by atoms with van der Waals surface area (Å²) in [5.41, 5.74) is 1.77. The normalized spacial score (nSPS) is 22.8. The number of benzene rings is 1. The first-order chi connectivity index (χ1) is 10.7. The van der Waals surface area contributed by atoms with Crippen LogP contribution in [0.5, 0.6) is 11.5 Å². The number of rotatable bonds is 2. The van der Waals surface area contributed by atoms with E-state index in [2.05, 4.69) is 16.3 Å². The van der Waals surface area contributed by atoms with Crippen molar-refractivity contribution in [2.45, 2.75) is 25.8 Å². The lowest BCUT2D eigenvalue weighted by molar-refractivity contribution is 0.171. The number of likely N-dealkylation sites (tertiary alicyclic amines) is 1. The molecule has 1 spiro atoms. The van der Waals surface area contributed by atoms with E-state index in [1.807, 2.05) is 6.07 Å². The molecule has 0 aromatic heterocycles. The maximum atomic E-state index is 6.34. The fourth-order valence-corrected chi connectivity index (χ4v) is 4.33. The smallest absolute Gasteiger partial charge is 0.179 e. The second-order valence-corrected chi connectivity index (χ2v) is 7.22. The summed E-state index contributed by atoms with van der Waals surface area (Å²) in [5.74, 6) is 1.50. The van der Waals surface area contributed by atoms with Crippen LogP contribution in [0, 0.1) is 5.41 Å². The summed E-state index contributed by atoms with van der Waals surface area (Å²) in [5, 5.41) is 4.15. The largest absolute Gasteiger partial charge is 0.486 e. The quantitative estimate of drug-likeness (QED) is 0.880. The van der Waals surface area contributed by atoms with Crippen molar-refractivity contribution in [2.75, 3.05) is 39.4 Å². The Morgan fingerprint density at radius 2 is 1.91 bits per heavy atom. The molecule has 3 aliphatic rings. The van der Waals surface area contributed by atoms with Gasteiger partial charge in [0, 0.05) is 13.1 Å². The van der Waals surface area contributed by atoms with Crippen molar-refractivity contribution in [3.8, 4) is 11.5 Å². The van der Waals surface area contributed by atoms with Crippen molar-refractivity contribution in [1.29, 1.82) is 0 Å². The van der Waals surface area contributed by atoms with Crippen LogP contribution in [0.3, 0.4) is 0 Å². The third-order valence-electron chi connectivity index (χ3n) is 5.24. The van der Waals surface area contributed by atoms with Crippen molar-refractivity contribution in [3.63, 3.8) is 0 Å². The predicted molar refractivity (Wildman–Crippen MR) is 94.1 cm³/mol. The molecule has 0 saturated carbocycles. The Labute approximate surface area is 148 Å². The fourth-order valence-electron chi connectivity index (χ4n) is 4.04. The molecular formula is C17H24Cl2N2O2. The topological polar surface area (TPSA) is 33.7 Å². The Kier molecular flexibility index (Phi) is 5.26. The van der Waals surface area contributed by atoms with Crippen LogP contribution in [0.25, 0.3) is 0 Å². The molecule has 0 atom stereocenters. The maximum absolute atomic E-state index is 6.34. The first kappa shape index (κ1) is 17.2. The van der Waals surface area contributed by atoms with E-state index in [0.717, 1.165) is 12.3 Å². The number of ether oxygens (including phenoxy) is 2. The van der Waals surface area contributed by atoms with E-state index in [1.54, 1.807) is 0 Å². The molecule has 3 heterocycles. The van der Waals surface area contributed by atoms with E-state index in [-0.39, 0.29) is 12.4 Å². The first-order valence-corrected chi connectivity index (χ1v) is 8.63. The number of hydrogen-bond donors (Lipinski definition) is 1. The molecule has 1 aromatic carbocycles. The molecule has 23 heavy (non-hydrogen) atoms. The standard InChI is InChI=1S/C17H23ClN2O2.ClH/c18-14-9-13(10-15-16(14)22-8-7-21-15)11-20-6-3-17(12-20)1-4-19-5-2-17;/h9-10,19H,1-8,11-12H2;1H. The van der Waals surface area contributed by atoms with Crippen molar-refractivity contribution in [3.05, 3.63) is 22.7 Å². The number of hydrogen-bond acceptors (Lipinski definition) is 4. The average Bonchev–Trinajstić information content (AvgIpc) is 2.90. The Balaban J connectivity index is 0.00000156. The van der Waals surface area contributed by atoms with Crippen molar-refractivity contribution >= 4 is 24.0 Å². The molecule has 0 aliphatic carbocycles. The molecule has 1 N–H and O–H groups in total. The summed E-state index contributed by atoms with van der Waals surface area (Å²) >= 11 is 6.34. The lowest BCUT2D eigenvalue weighted by atomic mass is 9.78. The van der Waals surface area contributed by atoms with Crippen LogP contribution < -0.4 is 14.8 Å². The SMILES string of the molecule is Cl.Clc1cc(CN2CCC3(CCNCC3)C2)cc2c1OCCO2. The minimum Gasteiger partial charge on any atom is -0.486 e. The summed E-state index contributed by atoms with van der Waals surface area (Å²) in [6, 6.07) is 4.12. The summed E-state index contributed by atoms with van der Waals surface area (Å²) in [7, 11) is 0. The monoisotopic (exact) mass is 358 g/mol. The van der Waals surface area contributed by atoms with Gasteiger partial charge in [-0.1, -0.05) is 11.6 Å². The Hall–Kier alpha value is -0.680. The van der Waals surface area contributed by atoms with E-state index >= 15 is 0 Å². The number of halogens is 2. The molecule has 0 amide bonds. The van der Waals surface area contributed by atoms with Gasteiger partial charge in [-0.15, -0.1) is 12.4 Å². The second-order valence-electron chi connectivity index (χ2n) is 6.81. The molecular weight excluding hydrogens is 335 g/mol. The van der Waals surface area contributed by atoms with Gasteiger partial charge < -0.3 is 14.8 Å². The van der Waals surface area contributed by atoms with Crippen molar-refractivity contribution in [2.24, 2.45) is 5.41 Å². The molecule has 0 bridgehead atoms. The van der Waals surface area contributed by atoms with Gasteiger partial charge in [-0.2, -0.15) is 0 Å². The zero-order chi connectivity index (χ0) is 15.0. The number of nitrogens with one attached hydrogen (secondary N) is 1. The average molecular weight is 359 g/mol. The van der Waals surface area contributed by atoms with E-state index in [0.29, 0.717) is 29.4 Å². The number of nitrogens with zero attached hydrogens (tertiary/aromatic N) is 1. The molecule has 128 valence electrons. The zero-order valence-electron chi connectivity index (χ0n) is 13.3. The molecule has 0 radical (unpaired) electrons. The van der Waals surface area contributed by atoms with Gasteiger partial charge in [0.2, 0.25) is 0 Å². The van der Waals surface area contributed by atoms with E-state index < -0.39 is 0 Å². The van der Waals surface area contributed by atoms with Crippen LogP contribution in [0.2, 0.25) is 5.02 Å². The first-order valence-electron chi connectivity index (χ1n) is 8.25. The summed E-state index contributed by atoms with van der Waals surface area (Å²) in [6.45, 7) is 6.87. The van der Waals surface area contributed by atoms with Crippen LogP contribution in [0.1, 0.15) is 24.8 Å². The minimum atomic E-state index is 0. The minimum absolute atomic E-state index is 0. The highest BCUT2D eigenvalue weighted by Gasteiger charge is 2.38. The molecule has 1 aromatic rings. The third-order valence-corrected chi connectivity index (χ3v) is 5.53. The van der Waals surface area contributed by atoms with Gasteiger partial charge in [-0.25, -0.2) is 0 Å². The highest BCUT2D eigenvalue weighted by molar-refractivity contribution is 6.32. The molecule has 4 nitrogen and oxygen atoms in total. The molecule has 2 fully saturated rings. The third kappa shape index (κ3) is 3.55. The van der Waals surface area contributed by atoms with Gasteiger partial charge >= 0.3 is 0 Å². The van der Waals surface area contributed by atoms with Crippen LogP contribution in [0.4, 0.5) is 0 Å². The number of fused-ring (bicyclic) bond motifs is 1. The van der Waals surface area contributed by atoms with Crippen LogP contribution in [-0.2, 0) is 6.54 Å². The highest BCUT2D eigenvalue weighted by Crippen LogP contribution is 2.41. The zero-order valence-corrected chi connectivity index (χ0v) is 14.8. The molecule has 0 unspecified atom stereocenters. The Bertz CT molecular complexity index is 562. The fraction of sp³-hybridized carbons (Fsp3) is 0.647. The van der Waals surface area contributed by atoms with Crippen molar-refractivity contribution in [1.82, 2.24) is 10.2 Å². The second kappa shape index (κ2) is 7.06.